The van der Waals surface area contributed by atoms with Crippen molar-refractivity contribution < 1.29 is 9.53 Å². The van der Waals surface area contributed by atoms with E-state index in [-0.39, 0.29) is 5.91 Å². The summed E-state index contributed by atoms with van der Waals surface area (Å²) in [7, 11) is 0. The Morgan fingerprint density at radius 1 is 0.969 bits per heavy atom. The summed E-state index contributed by atoms with van der Waals surface area (Å²) < 4.78 is 7.73. The van der Waals surface area contributed by atoms with Gasteiger partial charge in [0.25, 0.3) is 5.91 Å². The van der Waals surface area contributed by atoms with Gasteiger partial charge in [0.1, 0.15) is 12.4 Å². The van der Waals surface area contributed by atoms with Gasteiger partial charge in [-0.2, -0.15) is 5.10 Å². The molecule has 162 valence electrons. The third-order valence-electron chi connectivity index (χ3n) is 5.07. The number of nitrogens with zero attached hydrogens (tertiary/aromatic N) is 2. The van der Waals surface area contributed by atoms with Crippen LogP contribution in [0.1, 0.15) is 32.7 Å². The maximum Gasteiger partial charge on any atom is 0.256 e. The first kappa shape index (κ1) is 21.7. The molecule has 0 saturated carbocycles. The molecule has 0 radical (unpaired) electrons. The minimum absolute atomic E-state index is 0.218. The van der Waals surface area contributed by atoms with Gasteiger partial charge in [-0.25, -0.2) is 0 Å². The minimum Gasteiger partial charge on any atom is -0.487 e. The number of carbonyl (C=O) groups excluding carboxylic acids is 1. The Morgan fingerprint density at radius 3 is 2.56 bits per heavy atom. The lowest BCUT2D eigenvalue weighted by Gasteiger charge is -2.10. The molecule has 1 heterocycles. The Hall–Kier alpha value is -3.57. The second-order valence-electron chi connectivity index (χ2n) is 7.69. The van der Waals surface area contributed by atoms with E-state index >= 15 is 0 Å². The zero-order valence-corrected chi connectivity index (χ0v) is 18.8. The van der Waals surface area contributed by atoms with E-state index in [4.69, 9.17) is 16.3 Å². The summed E-state index contributed by atoms with van der Waals surface area (Å²) in [4.78, 5) is 12.8. The predicted octanol–water partition coefficient (Wildman–Crippen LogP) is 6.03. The summed E-state index contributed by atoms with van der Waals surface area (Å²) in [5, 5.41) is 7.98. The summed E-state index contributed by atoms with van der Waals surface area (Å²) in [6.45, 7) is 4.92. The molecule has 0 aliphatic carbocycles. The van der Waals surface area contributed by atoms with Gasteiger partial charge in [0.05, 0.1) is 11.6 Å². The fourth-order valence-corrected chi connectivity index (χ4v) is 3.53. The van der Waals surface area contributed by atoms with Crippen molar-refractivity contribution in [2.24, 2.45) is 0 Å². The standard InChI is InChI=1S/C26H24ClN3O2/c1-18-11-12-23(27)24(13-18)32-17-21-9-6-10-22(15-21)26(31)28-25-14-19(2)30(29-25)16-20-7-4-3-5-8-20/h3-15H,16-17H2,1-2H3,(H,28,29,31). The molecule has 0 fully saturated rings. The third-order valence-corrected chi connectivity index (χ3v) is 5.38. The second-order valence-corrected chi connectivity index (χ2v) is 8.10. The highest BCUT2D eigenvalue weighted by atomic mass is 35.5. The molecule has 0 saturated heterocycles. The van der Waals surface area contributed by atoms with Gasteiger partial charge in [-0.15, -0.1) is 0 Å². The van der Waals surface area contributed by atoms with Crippen molar-refractivity contribution in [1.29, 1.82) is 0 Å². The van der Waals surface area contributed by atoms with Crippen LogP contribution in [0.25, 0.3) is 0 Å². The van der Waals surface area contributed by atoms with Crippen LogP contribution in [0.2, 0.25) is 5.02 Å². The molecule has 0 atom stereocenters. The zero-order valence-electron chi connectivity index (χ0n) is 18.0. The summed E-state index contributed by atoms with van der Waals surface area (Å²) in [6, 6.07) is 24.9. The minimum atomic E-state index is -0.218. The number of carbonyl (C=O) groups is 1. The van der Waals surface area contributed by atoms with Crippen molar-refractivity contribution in [2.45, 2.75) is 27.0 Å². The number of benzene rings is 3. The van der Waals surface area contributed by atoms with Gasteiger partial charge in [0, 0.05) is 17.3 Å². The molecular formula is C26H24ClN3O2. The van der Waals surface area contributed by atoms with Crippen molar-refractivity contribution in [3.8, 4) is 5.75 Å². The average molecular weight is 446 g/mol. The van der Waals surface area contributed by atoms with Crippen LogP contribution in [0.4, 0.5) is 5.82 Å². The molecule has 5 nitrogen and oxygen atoms in total. The van der Waals surface area contributed by atoms with Gasteiger partial charge < -0.3 is 10.1 Å². The topological polar surface area (TPSA) is 56.1 Å². The quantitative estimate of drug-likeness (QED) is 0.377. The van der Waals surface area contributed by atoms with Gasteiger partial charge in [-0.1, -0.05) is 60.1 Å². The lowest BCUT2D eigenvalue weighted by Crippen LogP contribution is -2.13. The summed E-state index contributed by atoms with van der Waals surface area (Å²) in [5.41, 5.74) is 4.61. The number of anilines is 1. The number of nitrogens with one attached hydrogen (secondary N) is 1. The van der Waals surface area contributed by atoms with Crippen LogP contribution >= 0.6 is 11.6 Å². The maximum atomic E-state index is 12.8. The van der Waals surface area contributed by atoms with Crippen molar-refractivity contribution in [3.63, 3.8) is 0 Å². The van der Waals surface area contributed by atoms with Crippen LogP contribution in [-0.2, 0) is 13.2 Å². The molecule has 1 amide bonds. The van der Waals surface area contributed by atoms with E-state index in [1.807, 2.05) is 79.2 Å². The molecule has 4 rings (SSSR count). The highest BCUT2D eigenvalue weighted by Crippen LogP contribution is 2.26. The second kappa shape index (κ2) is 9.71. The molecular weight excluding hydrogens is 422 g/mol. The average Bonchev–Trinajstić information content (AvgIpc) is 3.13. The zero-order chi connectivity index (χ0) is 22.5. The van der Waals surface area contributed by atoms with E-state index in [1.165, 1.54) is 0 Å². The number of halogens is 1. The number of rotatable bonds is 7. The van der Waals surface area contributed by atoms with Gasteiger partial charge in [0.15, 0.2) is 5.82 Å². The van der Waals surface area contributed by atoms with E-state index in [0.29, 0.717) is 35.3 Å². The van der Waals surface area contributed by atoms with Crippen molar-refractivity contribution in [1.82, 2.24) is 9.78 Å². The van der Waals surface area contributed by atoms with Crippen molar-refractivity contribution in [3.05, 3.63) is 112 Å². The van der Waals surface area contributed by atoms with Crippen molar-refractivity contribution in [2.75, 3.05) is 5.32 Å². The van der Waals surface area contributed by atoms with Crippen molar-refractivity contribution >= 4 is 23.3 Å². The van der Waals surface area contributed by atoms with Gasteiger partial charge in [-0.05, 0) is 54.8 Å². The molecule has 6 heteroatoms. The SMILES string of the molecule is Cc1ccc(Cl)c(OCc2cccc(C(=O)Nc3cc(C)n(Cc4ccccc4)n3)c2)c1. The Morgan fingerprint density at radius 2 is 1.75 bits per heavy atom. The van der Waals surface area contributed by atoms with Crippen LogP contribution < -0.4 is 10.1 Å². The Balaban J connectivity index is 1.42. The highest BCUT2D eigenvalue weighted by Gasteiger charge is 2.11. The molecule has 0 aliphatic heterocycles. The van der Waals surface area contributed by atoms with Crippen LogP contribution in [-0.4, -0.2) is 15.7 Å². The van der Waals surface area contributed by atoms with E-state index in [9.17, 15) is 4.79 Å². The molecule has 4 aromatic rings. The Kier molecular flexibility index (Phi) is 6.57. The van der Waals surface area contributed by atoms with Crippen LogP contribution in [0.5, 0.6) is 5.75 Å². The fraction of sp³-hybridized carbons (Fsp3) is 0.154. The summed E-state index contributed by atoms with van der Waals surface area (Å²) >= 11 is 6.20. The van der Waals surface area contributed by atoms with E-state index in [2.05, 4.69) is 22.5 Å². The maximum absolute atomic E-state index is 12.8. The molecule has 0 spiro atoms. The van der Waals surface area contributed by atoms with E-state index in [0.717, 1.165) is 22.4 Å². The number of aromatic nitrogens is 2. The normalized spacial score (nSPS) is 10.7. The highest BCUT2D eigenvalue weighted by molar-refractivity contribution is 6.32. The molecule has 0 aliphatic rings. The van der Waals surface area contributed by atoms with Crippen LogP contribution in [0.3, 0.4) is 0 Å². The number of aryl methyl sites for hydroxylation is 2. The number of ether oxygens (including phenoxy) is 1. The molecule has 32 heavy (non-hydrogen) atoms. The van der Waals surface area contributed by atoms with Crippen LogP contribution in [0, 0.1) is 13.8 Å². The third kappa shape index (κ3) is 5.37. The Bertz CT molecular complexity index is 1240. The monoisotopic (exact) mass is 445 g/mol. The number of amides is 1. The molecule has 1 N–H and O–H groups in total. The Labute approximate surface area is 192 Å². The molecule has 0 unspecified atom stereocenters. The van der Waals surface area contributed by atoms with E-state index < -0.39 is 0 Å². The summed E-state index contributed by atoms with van der Waals surface area (Å²) in [5.74, 6) is 0.933. The largest absolute Gasteiger partial charge is 0.487 e. The fourth-order valence-electron chi connectivity index (χ4n) is 3.36. The van der Waals surface area contributed by atoms with Gasteiger partial charge in [-0.3, -0.25) is 9.48 Å². The predicted molar refractivity (Wildman–Crippen MR) is 127 cm³/mol. The number of hydrogen-bond donors (Lipinski definition) is 1. The lowest BCUT2D eigenvalue weighted by atomic mass is 10.1. The molecule has 0 bridgehead atoms. The molecule has 3 aromatic carbocycles. The first-order chi connectivity index (χ1) is 15.5. The van der Waals surface area contributed by atoms with Gasteiger partial charge >= 0.3 is 0 Å². The smallest absolute Gasteiger partial charge is 0.256 e. The first-order valence-electron chi connectivity index (χ1n) is 10.4. The van der Waals surface area contributed by atoms with Gasteiger partial charge in [0.2, 0.25) is 0 Å². The first-order valence-corrected chi connectivity index (χ1v) is 10.7. The summed E-state index contributed by atoms with van der Waals surface area (Å²) in [6.07, 6.45) is 0. The van der Waals surface area contributed by atoms with Crippen LogP contribution in [0.15, 0.2) is 78.9 Å². The lowest BCUT2D eigenvalue weighted by molar-refractivity contribution is 0.102. The van der Waals surface area contributed by atoms with E-state index in [1.54, 1.807) is 6.07 Å². The molecule has 1 aromatic heterocycles. The number of hydrogen-bond acceptors (Lipinski definition) is 3.